The van der Waals surface area contributed by atoms with Gasteiger partial charge in [0.2, 0.25) is 0 Å². The van der Waals surface area contributed by atoms with Gasteiger partial charge in [-0.1, -0.05) is 41.7 Å². The maximum atomic E-state index is 5.89. The number of hydrogen-bond donors (Lipinski definition) is 0. The van der Waals surface area contributed by atoms with Gasteiger partial charge in [0.05, 0.1) is 0 Å². The maximum Gasteiger partial charge on any atom is 0.265 e. The quantitative estimate of drug-likeness (QED) is 0.615. The molecule has 0 unspecified atom stereocenters. The van der Waals surface area contributed by atoms with E-state index in [1.807, 2.05) is 0 Å². The molecule has 0 amide bonds. The van der Waals surface area contributed by atoms with Gasteiger partial charge in [0.1, 0.15) is 0 Å². The normalized spacial score (nSPS) is 21.8. The number of rotatable bonds is 7. The van der Waals surface area contributed by atoms with Crippen LogP contribution in [0.5, 0.6) is 0 Å². The molecule has 0 saturated carbocycles. The zero-order valence-electron chi connectivity index (χ0n) is 18.0. The van der Waals surface area contributed by atoms with Gasteiger partial charge >= 0.3 is 0 Å². The van der Waals surface area contributed by atoms with Crippen molar-refractivity contribution in [2.75, 3.05) is 66.5 Å². The number of piperazine rings is 2. The lowest BCUT2D eigenvalue weighted by molar-refractivity contribution is 0.177. The number of benzene rings is 1. The van der Waals surface area contributed by atoms with Gasteiger partial charge in [-0.15, -0.1) is 0 Å². The van der Waals surface area contributed by atoms with Crippen LogP contribution in [0, 0.1) is 0 Å². The lowest BCUT2D eigenvalue weighted by Gasteiger charge is -2.52. The standard InChI is InChI=1S/C21H36N4OSi2/c1-20(2)26-27-18-19-28(21-8-6-5-7-9-21,24-14-10-22(3)11-15-24)25-16-12-23(4)13-17-25/h5-9,18-20H,10-17H2,1-4H3/b19-18+. The van der Waals surface area contributed by atoms with E-state index in [2.05, 4.69) is 88.6 Å². The molecule has 5 nitrogen and oxygen atoms in total. The molecule has 3 rings (SSSR count). The Bertz CT molecular complexity index is 590. The molecule has 2 aliphatic heterocycles. The molecule has 28 heavy (non-hydrogen) atoms. The second-order valence-electron chi connectivity index (χ2n) is 8.29. The highest BCUT2D eigenvalue weighted by Crippen LogP contribution is 2.22. The van der Waals surface area contributed by atoms with Crippen molar-refractivity contribution >= 4 is 23.3 Å². The molecule has 1 aromatic rings. The fraction of sp³-hybridized carbons (Fsp3) is 0.619. The van der Waals surface area contributed by atoms with E-state index in [1.54, 1.807) is 0 Å². The number of hydrogen-bond acceptors (Lipinski definition) is 5. The molecule has 2 radical (unpaired) electrons. The van der Waals surface area contributed by atoms with Crippen LogP contribution < -0.4 is 5.19 Å². The van der Waals surface area contributed by atoms with Gasteiger partial charge in [-0.05, 0) is 33.1 Å². The summed E-state index contributed by atoms with van der Waals surface area (Å²) in [5, 5.41) is 1.51. The summed E-state index contributed by atoms with van der Waals surface area (Å²) in [6, 6.07) is 11.3. The van der Waals surface area contributed by atoms with Crippen LogP contribution in [0.15, 0.2) is 41.7 Å². The first-order chi connectivity index (χ1) is 13.5. The van der Waals surface area contributed by atoms with E-state index in [0.717, 1.165) is 52.4 Å². The highest BCUT2D eigenvalue weighted by Gasteiger charge is 2.46. The fourth-order valence-electron chi connectivity index (χ4n) is 4.18. The van der Waals surface area contributed by atoms with Crippen LogP contribution in [0.3, 0.4) is 0 Å². The summed E-state index contributed by atoms with van der Waals surface area (Å²) in [6.07, 6.45) is 0.281. The average Bonchev–Trinajstić information content (AvgIpc) is 2.70. The lowest BCUT2D eigenvalue weighted by Crippen LogP contribution is -2.76. The monoisotopic (exact) mass is 416 g/mol. The molecule has 2 saturated heterocycles. The molecule has 154 valence electrons. The topological polar surface area (TPSA) is 22.2 Å². The molecule has 0 spiro atoms. The molecule has 7 heteroatoms. The second kappa shape index (κ2) is 10.3. The van der Waals surface area contributed by atoms with Crippen LogP contribution in [0.1, 0.15) is 13.8 Å². The molecule has 2 heterocycles. The Morgan fingerprint density at radius 2 is 1.36 bits per heavy atom. The van der Waals surface area contributed by atoms with Gasteiger partial charge in [-0.25, -0.2) is 0 Å². The van der Waals surface area contributed by atoms with Crippen molar-refractivity contribution in [3.8, 4) is 0 Å². The minimum atomic E-state index is -2.14. The Hall–Kier alpha value is -0.806. The van der Waals surface area contributed by atoms with Gasteiger partial charge < -0.3 is 23.4 Å². The largest absolute Gasteiger partial charge is 0.410 e. The van der Waals surface area contributed by atoms with Crippen LogP contribution in [0.2, 0.25) is 0 Å². The van der Waals surface area contributed by atoms with E-state index in [9.17, 15) is 0 Å². The lowest BCUT2D eigenvalue weighted by atomic mass is 10.4. The molecule has 0 bridgehead atoms. The molecular weight excluding hydrogens is 380 g/mol. The first kappa shape index (κ1) is 21.9. The van der Waals surface area contributed by atoms with Crippen molar-refractivity contribution < 1.29 is 4.43 Å². The van der Waals surface area contributed by atoms with Crippen LogP contribution >= 0.6 is 0 Å². The highest BCUT2D eigenvalue weighted by atomic mass is 28.3. The predicted molar refractivity (Wildman–Crippen MR) is 121 cm³/mol. The molecule has 0 atom stereocenters. The molecule has 0 N–H and O–H groups in total. The third-order valence-corrected chi connectivity index (χ3v) is 11.7. The third-order valence-electron chi connectivity index (χ3n) is 5.86. The van der Waals surface area contributed by atoms with Crippen molar-refractivity contribution in [3.63, 3.8) is 0 Å². The van der Waals surface area contributed by atoms with E-state index in [4.69, 9.17) is 4.43 Å². The van der Waals surface area contributed by atoms with Crippen LogP contribution in [0.4, 0.5) is 0 Å². The SMILES string of the molecule is CC(C)O[Si]/C=C/[Si](c1ccccc1)(N1CCN(C)CC1)N1CCN(C)CC1. The zero-order valence-corrected chi connectivity index (χ0v) is 20.0. The van der Waals surface area contributed by atoms with Crippen LogP contribution in [-0.4, -0.2) is 110 Å². The first-order valence-corrected chi connectivity index (χ1v) is 13.5. The van der Waals surface area contributed by atoms with Gasteiger partial charge in [0.15, 0.2) is 0 Å². The predicted octanol–water partition coefficient (Wildman–Crippen LogP) is 0.928. The van der Waals surface area contributed by atoms with E-state index < -0.39 is 8.40 Å². The Balaban J connectivity index is 1.97. The van der Waals surface area contributed by atoms with E-state index >= 15 is 0 Å². The molecule has 2 fully saturated rings. The summed E-state index contributed by atoms with van der Waals surface area (Å²) in [7, 11) is 2.77. The van der Waals surface area contributed by atoms with Gasteiger partial charge in [-0.2, -0.15) is 0 Å². The van der Waals surface area contributed by atoms with Crippen molar-refractivity contribution in [2.24, 2.45) is 0 Å². The molecule has 2 aliphatic rings. The second-order valence-corrected chi connectivity index (χ2v) is 12.7. The maximum absolute atomic E-state index is 5.89. The summed E-state index contributed by atoms with van der Waals surface area (Å²) in [4.78, 5) is 4.91. The summed E-state index contributed by atoms with van der Waals surface area (Å²) in [6.45, 7) is 13.4. The third kappa shape index (κ3) is 5.21. The van der Waals surface area contributed by atoms with Gasteiger partial charge in [0.25, 0.3) is 18.2 Å². The Morgan fingerprint density at radius 1 is 0.857 bits per heavy atom. The van der Waals surface area contributed by atoms with E-state index in [-0.39, 0.29) is 6.10 Å². The molecule has 0 aliphatic carbocycles. The summed E-state index contributed by atoms with van der Waals surface area (Å²) >= 11 is 0. The van der Waals surface area contributed by atoms with Crippen molar-refractivity contribution in [2.45, 2.75) is 20.0 Å². The number of likely N-dealkylation sites (N-methyl/N-ethyl adjacent to an activating group) is 2. The van der Waals surface area contributed by atoms with Crippen LogP contribution in [0.25, 0.3) is 0 Å². The fourth-order valence-corrected chi connectivity index (χ4v) is 9.92. The smallest absolute Gasteiger partial charge is 0.265 e. The minimum absolute atomic E-state index is 0.281. The van der Waals surface area contributed by atoms with Crippen molar-refractivity contribution in [1.82, 2.24) is 18.9 Å². The molecule has 0 aromatic heterocycles. The first-order valence-electron chi connectivity index (χ1n) is 10.5. The van der Waals surface area contributed by atoms with E-state index in [0.29, 0.717) is 9.76 Å². The Morgan fingerprint density at radius 3 is 1.82 bits per heavy atom. The zero-order chi connectivity index (χ0) is 20.0. The van der Waals surface area contributed by atoms with E-state index in [1.165, 1.54) is 5.19 Å². The number of nitrogens with zero attached hydrogens (tertiary/aromatic N) is 4. The van der Waals surface area contributed by atoms with Gasteiger partial charge in [-0.3, -0.25) is 0 Å². The summed E-state index contributed by atoms with van der Waals surface area (Å²) in [5.41, 5.74) is 4.90. The Labute approximate surface area is 175 Å². The van der Waals surface area contributed by atoms with Crippen molar-refractivity contribution in [1.29, 1.82) is 0 Å². The average molecular weight is 417 g/mol. The summed E-state index contributed by atoms with van der Waals surface area (Å²) in [5.74, 6) is 0. The van der Waals surface area contributed by atoms with Crippen LogP contribution in [-0.2, 0) is 4.43 Å². The minimum Gasteiger partial charge on any atom is -0.410 e. The highest BCUT2D eigenvalue weighted by molar-refractivity contribution is 6.91. The molecule has 1 aromatic carbocycles. The Kier molecular flexibility index (Phi) is 8.05. The summed E-state index contributed by atoms with van der Waals surface area (Å²) < 4.78 is 11.5. The van der Waals surface area contributed by atoms with Crippen molar-refractivity contribution in [3.05, 3.63) is 41.7 Å². The van der Waals surface area contributed by atoms with Gasteiger partial charge in [0, 0.05) is 58.5 Å². The molecular formula is C21H36N4OSi2.